The number of thioether (sulfide) groups is 1. The van der Waals surface area contributed by atoms with E-state index in [2.05, 4.69) is 52.6 Å². The van der Waals surface area contributed by atoms with Gasteiger partial charge in [-0.05, 0) is 69.2 Å². The molecule has 0 spiro atoms. The first-order valence-corrected chi connectivity index (χ1v) is 16.6. The first kappa shape index (κ1) is 28.4. The molecule has 5 aliphatic heterocycles. The summed E-state index contributed by atoms with van der Waals surface area (Å²) in [6.45, 7) is 8.48. The molecule has 0 saturated carbocycles. The summed E-state index contributed by atoms with van der Waals surface area (Å²) in [7, 11) is 2.16. The van der Waals surface area contributed by atoms with E-state index in [1.807, 2.05) is 11.8 Å². The summed E-state index contributed by atoms with van der Waals surface area (Å²) in [4.78, 5) is 28.4. The summed E-state index contributed by atoms with van der Waals surface area (Å²) < 4.78 is 13.0. The molecule has 226 valence electrons. The molecule has 1 aromatic heterocycles. The monoisotopic (exact) mass is 600 g/mol. The molecule has 7 rings (SSSR count). The van der Waals surface area contributed by atoms with Crippen molar-refractivity contribution in [3.05, 3.63) is 47.7 Å². The van der Waals surface area contributed by atoms with Crippen LogP contribution in [0.4, 0.5) is 11.4 Å². The standard InChI is InChI=1S/C33H40N6O3S/c1-3-29(40)38-18-25-21-41-31-30(39(25)17-23(38)11-13-34)26-12-15-37(28-10-4-7-22-8-6-16-43-32(22)28)19-27(26)35-33(31)42-20-24-9-5-14-36(24)2/h3-4,7,10,23-25H,1,5-6,8-9,11-12,14-21H2,2H3/t23-,24-,25?/m0/s1. The lowest BCUT2D eigenvalue weighted by atomic mass is 9.95. The molecule has 2 aromatic rings. The van der Waals surface area contributed by atoms with Crippen molar-refractivity contribution in [1.82, 2.24) is 14.8 Å². The highest BCUT2D eigenvalue weighted by Gasteiger charge is 2.43. The van der Waals surface area contributed by atoms with Gasteiger partial charge in [0, 0.05) is 36.1 Å². The molecule has 2 fully saturated rings. The molecule has 1 aromatic carbocycles. The molecular formula is C33H40N6O3S. The highest BCUT2D eigenvalue weighted by Crippen LogP contribution is 2.48. The predicted octanol–water partition coefficient (Wildman–Crippen LogP) is 4.03. The Balaban J connectivity index is 1.26. The van der Waals surface area contributed by atoms with Gasteiger partial charge in [0.1, 0.15) is 13.2 Å². The lowest BCUT2D eigenvalue weighted by molar-refractivity contribution is -0.129. The number of carbonyl (C=O) groups excluding carboxylic acids is 1. The largest absolute Gasteiger partial charge is 0.484 e. The smallest absolute Gasteiger partial charge is 0.259 e. The Morgan fingerprint density at radius 2 is 2.16 bits per heavy atom. The van der Waals surface area contributed by atoms with Crippen molar-refractivity contribution in [2.45, 2.75) is 68.1 Å². The normalized spacial score (nSPS) is 24.7. The number of rotatable bonds is 6. The number of aromatic nitrogens is 1. The number of pyridine rings is 1. The Labute approximate surface area is 258 Å². The maximum atomic E-state index is 12.8. The number of ether oxygens (including phenoxy) is 2. The molecule has 9 nitrogen and oxygen atoms in total. The van der Waals surface area contributed by atoms with Gasteiger partial charge in [0.2, 0.25) is 11.7 Å². The molecule has 1 unspecified atom stereocenters. The summed E-state index contributed by atoms with van der Waals surface area (Å²) in [5.74, 6) is 2.32. The maximum Gasteiger partial charge on any atom is 0.259 e. The van der Waals surface area contributed by atoms with Crippen LogP contribution < -0.4 is 19.3 Å². The first-order chi connectivity index (χ1) is 21.1. The quantitative estimate of drug-likeness (QED) is 0.456. The van der Waals surface area contributed by atoms with Crippen LogP contribution in [0.2, 0.25) is 0 Å². The first-order valence-electron chi connectivity index (χ1n) is 15.6. The number of benzene rings is 1. The lowest BCUT2D eigenvalue weighted by Gasteiger charge is -2.50. The van der Waals surface area contributed by atoms with Gasteiger partial charge in [-0.1, -0.05) is 18.7 Å². The van der Waals surface area contributed by atoms with Crippen molar-refractivity contribution < 1.29 is 14.3 Å². The van der Waals surface area contributed by atoms with Crippen LogP contribution in [0.3, 0.4) is 0 Å². The summed E-state index contributed by atoms with van der Waals surface area (Å²) in [5, 5.41) is 9.64. The fourth-order valence-electron chi connectivity index (χ4n) is 7.45. The molecule has 5 aliphatic rings. The molecule has 43 heavy (non-hydrogen) atoms. The number of piperazine rings is 1. The number of fused-ring (bicyclic) bond motifs is 6. The Kier molecular flexibility index (Phi) is 7.87. The Morgan fingerprint density at radius 1 is 1.26 bits per heavy atom. The van der Waals surface area contributed by atoms with Gasteiger partial charge >= 0.3 is 0 Å². The third-order valence-corrected chi connectivity index (χ3v) is 11.0. The summed E-state index contributed by atoms with van der Waals surface area (Å²) >= 11 is 1.98. The fourth-order valence-corrected chi connectivity index (χ4v) is 8.64. The van der Waals surface area contributed by atoms with Crippen molar-refractivity contribution in [3.63, 3.8) is 0 Å². The third-order valence-electron chi connectivity index (χ3n) is 9.78. The summed E-state index contributed by atoms with van der Waals surface area (Å²) in [6.07, 6.45) is 7.14. The third kappa shape index (κ3) is 5.21. The van der Waals surface area contributed by atoms with E-state index in [0.717, 1.165) is 55.2 Å². The van der Waals surface area contributed by atoms with Crippen LogP contribution in [0.5, 0.6) is 11.6 Å². The van der Waals surface area contributed by atoms with Crippen LogP contribution in [-0.4, -0.2) is 91.0 Å². The van der Waals surface area contributed by atoms with Crippen molar-refractivity contribution in [2.75, 3.05) is 62.0 Å². The highest BCUT2D eigenvalue weighted by atomic mass is 32.2. The number of hydrogen-bond donors (Lipinski definition) is 0. The van der Waals surface area contributed by atoms with E-state index >= 15 is 0 Å². The van der Waals surface area contributed by atoms with Crippen LogP contribution in [0.1, 0.15) is 42.5 Å². The fraction of sp³-hybridized carbons (Fsp3) is 0.545. The van der Waals surface area contributed by atoms with Gasteiger partial charge in [-0.15, -0.1) is 11.8 Å². The minimum absolute atomic E-state index is 0.0118. The van der Waals surface area contributed by atoms with E-state index in [0.29, 0.717) is 44.8 Å². The second kappa shape index (κ2) is 11.9. The van der Waals surface area contributed by atoms with Crippen molar-refractivity contribution in [1.29, 1.82) is 5.26 Å². The van der Waals surface area contributed by atoms with E-state index in [9.17, 15) is 10.1 Å². The molecule has 3 atom stereocenters. The van der Waals surface area contributed by atoms with Crippen LogP contribution in [-0.2, 0) is 24.2 Å². The zero-order valence-electron chi connectivity index (χ0n) is 25.0. The van der Waals surface area contributed by atoms with Crippen LogP contribution in [0.25, 0.3) is 0 Å². The molecule has 0 radical (unpaired) electrons. The minimum atomic E-state index is -0.217. The van der Waals surface area contributed by atoms with Gasteiger partial charge in [-0.2, -0.15) is 5.26 Å². The molecule has 6 heterocycles. The van der Waals surface area contributed by atoms with Gasteiger partial charge in [0.25, 0.3) is 5.88 Å². The van der Waals surface area contributed by atoms with Crippen LogP contribution >= 0.6 is 11.8 Å². The van der Waals surface area contributed by atoms with E-state index in [-0.39, 0.29) is 24.4 Å². The van der Waals surface area contributed by atoms with Crippen molar-refractivity contribution >= 4 is 29.0 Å². The average molecular weight is 601 g/mol. The Bertz CT molecular complexity index is 1460. The average Bonchev–Trinajstić information content (AvgIpc) is 3.46. The topological polar surface area (TPSA) is 85.2 Å². The number of amides is 1. The minimum Gasteiger partial charge on any atom is -0.484 e. The number of likely N-dealkylation sites (tertiary alicyclic amines) is 1. The van der Waals surface area contributed by atoms with Crippen LogP contribution in [0, 0.1) is 11.3 Å². The van der Waals surface area contributed by atoms with Crippen molar-refractivity contribution in [3.8, 4) is 17.7 Å². The molecule has 0 aliphatic carbocycles. The number of aryl methyl sites for hydroxylation is 1. The van der Waals surface area contributed by atoms with Crippen molar-refractivity contribution in [2.24, 2.45) is 0 Å². The molecule has 0 N–H and O–H groups in total. The van der Waals surface area contributed by atoms with E-state index in [1.165, 1.54) is 40.6 Å². The van der Waals surface area contributed by atoms with Crippen LogP contribution in [0.15, 0.2) is 35.7 Å². The van der Waals surface area contributed by atoms with Gasteiger partial charge in [0.15, 0.2) is 0 Å². The highest BCUT2D eigenvalue weighted by molar-refractivity contribution is 7.99. The molecule has 1 amide bonds. The predicted molar refractivity (Wildman–Crippen MR) is 168 cm³/mol. The van der Waals surface area contributed by atoms with E-state index in [1.54, 1.807) is 4.90 Å². The zero-order valence-corrected chi connectivity index (χ0v) is 25.8. The van der Waals surface area contributed by atoms with Gasteiger partial charge < -0.3 is 29.1 Å². The number of likely N-dealkylation sites (N-methyl/N-ethyl adjacent to an activating group) is 1. The maximum absolute atomic E-state index is 12.8. The van der Waals surface area contributed by atoms with Gasteiger partial charge in [-0.25, -0.2) is 4.98 Å². The van der Waals surface area contributed by atoms with E-state index < -0.39 is 0 Å². The number of hydrogen-bond acceptors (Lipinski definition) is 9. The zero-order chi connectivity index (χ0) is 29.5. The number of nitrogens with zero attached hydrogens (tertiary/aromatic N) is 6. The second-order valence-corrected chi connectivity index (χ2v) is 13.4. The molecule has 0 bridgehead atoms. The molecule has 2 saturated heterocycles. The second-order valence-electron chi connectivity index (χ2n) is 12.3. The lowest BCUT2D eigenvalue weighted by Crippen LogP contribution is -2.62. The SMILES string of the molecule is C=CC(=O)N1CC2COc3c(OC[C@@H]4CCCN4C)nc4c(c3N2C[C@@H]1CC#N)CCN(c1cccc2c1SCCC2)C4. The number of carbonyl (C=O) groups is 1. The Morgan fingerprint density at radius 3 is 2.98 bits per heavy atom. The van der Waals surface area contributed by atoms with Gasteiger partial charge in [0.05, 0.1) is 48.2 Å². The number of nitriles is 1. The molecule has 10 heteroatoms. The van der Waals surface area contributed by atoms with E-state index in [4.69, 9.17) is 14.5 Å². The van der Waals surface area contributed by atoms with Gasteiger partial charge in [-0.3, -0.25) is 4.79 Å². The summed E-state index contributed by atoms with van der Waals surface area (Å²) in [5.41, 5.74) is 6.05. The Hall–Kier alpha value is -3.42. The number of anilines is 2. The molecular weight excluding hydrogens is 560 g/mol. The summed E-state index contributed by atoms with van der Waals surface area (Å²) in [6, 6.07) is 9.17.